The highest BCUT2D eigenvalue weighted by atomic mass is 79.9. The van der Waals surface area contributed by atoms with Gasteiger partial charge in [-0.25, -0.2) is 9.78 Å². The Morgan fingerprint density at radius 3 is 2.72 bits per heavy atom. The Labute approximate surface area is 172 Å². The molecule has 0 aliphatic carbocycles. The predicted molar refractivity (Wildman–Crippen MR) is 113 cm³/mol. The standard InChI is InChI=1S/C18H19BrN6O4/c1-3-25-15(14(20-2)16(27)23-18(25)29)22-13(26)6-7-24-9-21-12-5-4-10(19)8-11(12)17(24)28/h4-5,8-9,20H,3,6-7H2,1-2H3,(H,22,26)(H,23,27,29). The number of nitrogens with one attached hydrogen (secondary N) is 3. The zero-order valence-electron chi connectivity index (χ0n) is 15.8. The molecule has 0 bridgehead atoms. The number of aryl methyl sites for hydroxylation is 1. The Bertz CT molecular complexity index is 1220. The van der Waals surface area contributed by atoms with E-state index in [1.54, 1.807) is 25.1 Å². The second-order valence-corrected chi connectivity index (χ2v) is 7.10. The van der Waals surface area contributed by atoms with Gasteiger partial charge in [-0.3, -0.25) is 28.5 Å². The van der Waals surface area contributed by atoms with Gasteiger partial charge in [-0.05, 0) is 25.1 Å². The van der Waals surface area contributed by atoms with E-state index < -0.39 is 17.2 Å². The number of H-pyrrole nitrogens is 1. The quantitative estimate of drug-likeness (QED) is 0.502. The molecular weight excluding hydrogens is 444 g/mol. The molecule has 1 aromatic carbocycles. The number of aromatic nitrogens is 4. The van der Waals surface area contributed by atoms with Crippen molar-refractivity contribution in [3.63, 3.8) is 0 Å². The van der Waals surface area contributed by atoms with Gasteiger partial charge in [-0.1, -0.05) is 15.9 Å². The van der Waals surface area contributed by atoms with Crippen molar-refractivity contribution in [3.05, 3.63) is 60.2 Å². The smallest absolute Gasteiger partial charge is 0.330 e. The number of amides is 1. The van der Waals surface area contributed by atoms with Gasteiger partial charge in [0.1, 0.15) is 11.5 Å². The van der Waals surface area contributed by atoms with Gasteiger partial charge < -0.3 is 10.6 Å². The number of anilines is 2. The second kappa shape index (κ2) is 8.43. The van der Waals surface area contributed by atoms with Crippen LogP contribution in [0.3, 0.4) is 0 Å². The van der Waals surface area contributed by atoms with Crippen LogP contribution in [-0.2, 0) is 17.9 Å². The number of hydrogen-bond donors (Lipinski definition) is 3. The number of rotatable bonds is 6. The Balaban J connectivity index is 1.84. The van der Waals surface area contributed by atoms with Crippen molar-refractivity contribution >= 4 is 44.2 Å². The SMILES string of the molecule is CCn1c(NC(=O)CCn2cnc3ccc(Br)cc3c2=O)c(NC)c(=O)[nH]c1=O. The lowest BCUT2D eigenvalue weighted by atomic mass is 10.2. The van der Waals surface area contributed by atoms with Crippen molar-refractivity contribution in [2.75, 3.05) is 17.7 Å². The summed E-state index contributed by atoms with van der Waals surface area (Å²) in [6.45, 7) is 2.06. The fourth-order valence-corrected chi connectivity index (χ4v) is 3.30. The summed E-state index contributed by atoms with van der Waals surface area (Å²) in [6.07, 6.45) is 1.34. The summed E-state index contributed by atoms with van der Waals surface area (Å²) in [5, 5.41) is 5.73. The lowest BCUT2D eigenvalue weighted by Gasteiger charge is -2.15. The number of aromatic amines is 1. The highest BCUT2D eigenvalue weighted by molar-refractivity contribution is 9.10. The van der Waals surface area contributed by atoms with Gasteiger partial charge in [0.25, 0.3) is 11.1 Å². The van der Waals surface area contributed by atoms with Crippen molar-refractivity contribution in [3.8, 4) is 0 Å². The van der Waals surface area contributed by atoms with E-state index in [0.717, 1.165) is 4.47 Å². The molecule has 0 aliphatic rings. The normalized spacial score (nSPS) is 10.9. The van der Waals surface area contributed by atoms with Gasteiger partial charge in [-0.2, -0.15) is 0 Å². The molecule has 0 saturated carbocycles. The van der Waals surface area contributed by atoms with Crippen molar-refractivity contribution in [2.45, 2.75) is 26.4 Å². The van der Waals surface area contributed by atoms with Gasteiger partial charge in [0.15, 0.2) is 0 Å². The highest BCUT2D eigenvalue weighted by Gasteiger charge is 2.16. The molecule has 0 spiro atoms. The molecular formula is C18H19BrN6O4. The number of halogens is 1. The van der Waals surface area contributed by atoms with E-state index in [9.17, 15) is 19.2 Å². The molecule has 3 rings (SSSR count). The first-order valence-corrected chi connectivity index (χ1v) is 9.64. The van der Waals surface area contributed by atoms with Crippen LogP contribution >= 0.6 is 15.9 Å². The van der Waals surface area contributed by atoms with Crippen LogP contribution in [0.1, 0.15) is 13.3 Å². The van der Waals surface area contributed by atoms with Crippen LogP contribution in [0, 0.1) is 0 Å². The fraction of sp³-hybridized carbons (Fsp3) is 0.278. The van der Waals surface area contributed by atoms with E-state index in [1.807, 2.05) is 0 Å². The van der Waals surface area contributed by atoms with Crippen molar-refractivity contribution in [2.24, 2.45) is 0 Å². The second-order valence-electron chi connectivity index (χ2n) is 6.18. The molecule has 29 heavy (non-hydrogen) atoms. The largest absolute Gasteiger partial charge is 0.381 e. The maximum absolute atomic E-state index is 12.6. The van der Waals surface area contributed by atoms with E-state index in [2.05, 4.69) is 36.5 Å². The van der Waals surface area contributed by atoms with Crippen molar-refractivity contribution in [1.82, 2.24) is 19.1 Å². The molecule has 0 fully saturated rings. The maximum atomic E-state index is 12.6. The Hall–Kier alpha value is -3.21. The lowest BCUT2D eigenvalue weighted by Crippen LogP contribution is -2.35. The third-order valence-corrected chi connectivity index (χ3v) is 4.88. The predicted octanol–water partition coefficient (Wildman–Crippen LogP) is 1.10. The Morgan fingerprint density at radius 1 is 1.28 bits per heavy atom. The van der Waals surface area contributed by atoms with E-state index in [0.29, 0.717) is 10.9 Å². The topological polar surface area (TPSA) is 131 Å². The van der Waals surface area contributed by atoms with Gasteiger partial charge in [0.2, 0.25) is 5.91 Å². The fourth-order valence-electron chi connectivity index (χ4n) is 2.94. The average molecular weight is 463 g/mol. The van der Waals surface area contributed by atoms with Crippen molar-refractivity contribution in [1.29, 1.82) is 0 Å². The molecule has 0 unspecified atom stereocenters. The minimum absolute atomic E-state index is 0.0467. The zero-order valence-corrected chi connectivity index (χ0v) is 17.4. The number of carbonyl (C=O) groups excluding carboxylic acids is 1. The van der Waals surface area contributed by atoms with Crippen LogP contribution in [0.2, 0.25) is 0 Å². The first-order chi connectivity index (χ1) is 13.8. The summed E-state index contributed by atoms with van der Waals surface area (Å²) >= 11 is 3.33. The van der Waals surface area contributed by atoms with Crippen LogP contribution in [0.4, 0.5) is 11.5 Å². The van der Waals surface area contributed by atoms with Crippen molar-refractivity contribution < 1.29 is 4.79 Å². The molecule has 2 aromatic heterocycles. The molecule has 0 saturated heterocycles. The molecule has 2 heterocycles. The van der Waals surface area contributed by atoms with Crippen LogP contribution in [0.15, 0.2) is 43.4 Å². The number of hydrogen-bond acceptors (Lipinski definition) is 6. The van der Waals surface area contributed by atoms with E-state index in [1.165, 1.54) is 22.5 Å². The summed E-state index contributed by atoms with van der Waals surface area (Å²) in [7, 11) is 1.52. The van der Waals surface area contributed by atoms with E-state index >= 15 is 0 Å². The number of fused-ring (bicyclic) bond motifs is 1. The van der Waals surface area contributed by atoms with Gasteiger partial charge in [-0.15, -0.1) is 0 Å². The van der Waals surface area contributed by atoms with Crippen LogP contribution < -0.4 is 27.4 Å². The summed E-state index contributed by atoms with van der Waals surface area (Å²) in [5.41, 5.74) is -0.866. The molecule has 3 N–H and O–H groups in total. The Morgan fingerprint density at radius 2 is 2.03 bits per heavy atom. The summed E-state index contributed by atoms with van der Waals surface area (Å²) < 4.78 is 3.34. The van der Waals surface area contributed by atoms with E-state index in [4.69, 9.17) is 0 Å². The number of benzene rings is 1. The lowest BCUT2D eigenvalue weighted by molar-refractivity contribution is -0.116. The first kappa shape index (κ1) is 20.5. The first-order valence-electron chi connectivity index (χ1n) is 8.85. The third kappa shape index (κ3) is 4.14. The van der Waals surface area contributed by atoms with Crippen LogP contribution in [0.25, 0.3) is 10.9 Å². The van der Waals surface area contributed by atoms with Gasteiger partial charge >= 0.3 is 5.69 Å². The molecule has 3 aromatic rings. The monoisotopic (exact) mass is 462 g/mol. The van der Waals surface area contributed by atoms with Crippen LogP contribution in [-0.4, -0.2) is 32.1 Å². The Kier molecular flexibility index (Phi) is 5.97. The van der Waals surface area contributed by atoms with Gasteiger partial charge in [0.05, 0.1) is 17.2 Å². The molecule has 152 valence electrons. The number of carbonyl (C=O) groups is 1. The highest BCUT2D eigenvalue weighted by Crippen LogP contribution is 2.16. The zero-order chi connectivity index (χ0) is 21.1. The summed E-state index contributed by atoms with van der Waals surface area (Å²) in [6, 6.07) is 5.20. The summed E-state index contributed by atoms with van der Waals surface area (Å²) in [5.74, 6) is -0.364. The van der Waals surface area contributed by atoms with Crippen LogP contribution in [0.5, 0.6) is 0 Å². The molecule has 0 radical (unpaired) electrons. The molecule has 10 nitrogen and oxygen atoms in total. The van der Waals surface area contributed by atoms with E-state index in [-0.39, 0.29) is 36.6 Å². The summed E-state index contributed by atoms with van der Waals surface area (Å²) in [4.78, 5) is 55.5. The van der Waals surface area contributed by atoms with Gasteiger partial charge in [0, 0.05) is 31.0 Å². The minimum atomic E-state index is -0.627. The average Bonchev–Trinajstić information content (AvgIpc) is 2.68. The maximum Gasteiger partial charge on any atom is 0.330 e. The molecule has 11 heteroatoms. The molecule has 0 aliphatic heterocycles. The molecule has 1 amide bonds. The minimum Gasteiger partial charge on any atom is -0.381 e. The number of nitrogens with zero attached hydrogens (tertiary/aromatic N) is 3. The molecule has 0 atom stereocenters. The third-order valence-electron chi connectivity index (χ3n) is 4.39.